The Labute approximate surface area is 106 Å². The summed E-state index contributed by atoms with van der Waals surface area (Å²) >= 11 is 0. The van der Waals surface area contributed by atoms with Crippen LogP contribution in [0.15, 0.2) is 12.3 Å². The predicted octanol–water partition coefficient (Wildman–Crippen LogP) is 2.28. The molecule has 1 heterocycles. The van der Waals surface area contributed by atoms with Crippen LogP contribution in [-0.4, -0.2) is 28.7 Å². The molecule has 0 amide bonds. The van der Waals surface area contributed by atoms with Gasteiger partial charge in [0, 0.05) is 24.4 Å². The number of rotatable bonds is 5. The van der Waals surface area contributed by atoms with Crippen LogP contribution in [-0.2, 0) is 4.74 Å². The molecule has 0 spiro atoms. The molecule has 1 N–H and O–H groups in total. The maximum absolute atomic E-state index is 11.0. The topological polar surface area (TPSA) is 77.3 Å². The second-order valence-electron chi connectivity index (χ2n) is 4.47. The van der Waals surface area contributed by atoms with Crippen molar-refractivity contribution in [2.45, 2.75) is 38.8 Å². The lowest BCUT2D eigenvalue weighted by molar-refractivity contribution is -0.384. The molecule has 1 aromatic rings. The summed E-state index contributed by atoms with van der Waals surface area (Å²) in [5.74, 6) is 0.361. The maximum atomic E-state index is 11.0. The summed E-state index contributed by atoms with van der Waals surface area (Å²) in [6.07, 6.45) is 3.61. The zero-order valence-electron chi connectivity index (χ0n) is 10.5. The second kappa shape index (κ2) is 5.30. The molecule has 1 aliphatic carbocycles. The van der Waals surface area contributed by atoms with Crippen LogP contribution in [0.25, 0.3) is 0 Å². The van der Waals surface area contributed by atoms with Crippen LogP contribution in [0.5, 0.6) is 0 Å². The Morgan fingerprint density at radius 1 is 1.61 bits per heavy atom. The summed E-state index contributed by atoms with van der Waals surface area (Å²) < 4.78 is 5.45. The van der Waals surface area contributed by atoms with Gasteiger partial charge in [-0.1, -0.05) is 0 Å². The quantitative estimate of drug-likeness (QED) is 0.641. The van der Waals surface area contributed by atoms with Gasteiger partial charge in [0.25, 0.3) is 0 Å². The number of aromatic nitrogens is 1. The Balaban J connectivity index is 2.02. The number of aryl methyl sites for hydroxylation is 1. The normalized spacial score (nSPS) is 22.3. The standard InChI is InChI=1S/C12H17N3O3/c1-3-18-10-6-9(7-10)14-12-11(15(16)17)8(2)4-5-13-12/h4-5,9-10H,3,6-7H2,1-2H3,(H,13,14). The first-order valence-electron chi connectivity index (χ1n) is 6.10. The Morgan fingerprint density at radius 3 is 2.94 bits per heavy atom. The Bertz CT molecular complexity index is 444. The highest BCUT2D eigenvalue weighted by Gasteiger charge is 2.31. The highest BCUT2D eigenvalue weighted by atomic mass is 16.6. The van der Waals surface area contributed by atoms with Gasteiger partial charge in [-0.15, -0.1) is 0 Å². The molecule has 0 saturated heterocycles. The second-order valence-corrected chi connectivity index (χ2v) is 4.47. The van der Waals surface area contributed by atoms with Crippen LogP contribution >= 0.6 is 0 Å². The van der Waals surface area contributed by atoms with Gasteiger partial charge in [-0.25, -0.2) is 4.98 Å². The van der Waals surface area contributed by atoms with E-state index in [1.165, 1.54) is 0 Å². The zero-order valence-corrected chi connectivity index (χ0v) is 10.5. The molecular formula is C12H17N3O3. The third kappa shape index (κ3) is 2.59. The Morgan fingerprint density at radius 2 is 2.33 bits per heavy atom. The van der Waals surface area contributed by atoms with Gasteiger partial charge < -0.3 is 10.1 Å². The molecule has 0 unspecified atom stereocenters. The van der Waals surface area contributed by atoms with Gasteiger partial charge in [-0.05, 0) is 32.8 Å². The van der Waals surface area contributed by atoms with Gasteiger partial charge in [-0.3, -0.25) is 10.1 Å². The molecule has 6 heteroatoms. The van der Waals surface area contributed by atoms with Crippen LogP contribution in [0.1, 0.15) is 25.3 Å². The minimum atomic E-state index is -0.386. The van der Waals surface area contributed by atoms with E-state index in [9.17, 15) is 10.1 Å². The summed E-state index contributed by atoms with van der Waals surface area (Å²) in [7, 11) is 0. The monoisotopic (exact) mass is 251 g/mol. The lowest BCUT2D eigenvalue weighted by Crippen LogP contribution is -2.41. The van der Waals surface area contributed by atoms with E-state index in [-0.39, 0.29) is 22.8 Å². The highest BCUT2D eigenvalue weighted by Crippen LogP contribution is 2.31. The van der Waals surface area contributed by atoms with Crippen molar-refractivity contribution in [3.63, 3.8) is 0 Å². The van der Waals surface area contributed by atoms with Crippen LogP contribution < -0.4 is 5.32 Å². The Kier molecular flexibility index (Phi) is 3.76. The minimum Gasteiger partial charge on any atom is -0.378 e. The van der Waals surface area contributed by atoms with E-state index in [1.54, 1.807) is 19.2 Å². The van der Waals surface area contributed by atoms with Gasteiger partial charge in [0.05, 0.1) is 11.0 Å². The molecule has 6 nitrogen and oxygen atoms in total. The molecule has 0 radical (unpaired) electrons. The van der Waals surface area contributed by atoms with Crippen LogP contribution in [0.2, 0.25) is 0 Å². The molecular weight excluding hydrogens is 234 g/mol. The van der Waals surface area contributed by atoms with Crippen molar-refractivity contribution < 1.29 is 9.66 Å². The molecule has 1 aliphatic rings. The molecule has 0 aromatic carbocycles. The van der Waals surface area contributed by atoms with Gasteiger partial charge in [0.15, 0.2) is 0 Å². The van der Waals surface area contributed by atoms with E-state index < -0.39 is 0 Å². The van der Waals surface area contributed by atoms with Crippen LogP contribution in [0.4, 0.5) is 11.5 Å². The van der Waals surface area contributed by atoms with Gasteiger partial charge in [-0.2, -0.15) is 0 Å². The zero-order chi connectivity index (χ0) is 13.1. The van der Waals surface area contributed by atoms with Crippen LogP contribution in [0.3, 0.4) is 0 Å². The largest absolute Gasteiger partial charge is 0.378 e. The Hall–Kier alpha value is -1.69. The van der Waals surface area contributed by atoms with E-state index in [4.69, 9.17) is 4.74 Å². The summed E-state index contributed by atoms with van der Waals surface area (Å²) in [6, 6.07) is 1.86. The molecule has 1 saturated carbocycles. The summed E-state index contributed by atoms with van der Waals surface area (Å²) in [5, 5.41) is 14.1. The minimum absolute atomic E-state index is 0.0670. The smallest absolute Gasteiger partial charge is 0.314 e. The van der Waals surface area contributed by atoms with E-state index >= 15 is 0 Å². The average molecular weight is 251 g/mol. The van der Waals surface area contributed by atoms with Crippen molar-refractivity contribution in [1.82, 2.24) is 4.98 Å². The van der Waals surface area contributed by atoms with E-state index in [1.807, 2.05) is 6.92 Å². The van der Waals surface area contributed by atoms with Crippen LogP contribution in [0, 0.1) is 17.0 Å². The van der Waals surface area contributed by atoms with Crippen molar-refractivity contribution in [2.75, 3.05) is 11.9 Å². The van der Waals surface area contributed by atoms with Crippen molar-refractivity contribution in [1.29, 1.82) is 0 Å². The number of pyridine rings is 1. The molecule has 0 aliphatic heterocycles. The number of nitrogens with zero attached hydrogens (tertiary/aromatic N) is 2. The summed E-state index contributed by atoms with van der Waals surface area (Å²) in [5.41, 5.74) is 0.690. The fourth-order valence-electron chi connectivity index (χ4n) is 2.14. The molecule has 0 bridgehead atoms. The third-order valence-corrected chi connectivity index (χ3v) is 3.15. The average Bonchev–Trinajstić information content (AvgIpc) is 2.25. The fraction of sp³-hybridized carbons (Fsp3) is 0.583. The number of hydrogen-bond acceptors (Lipinski definition) is 5. The van der Waals surface area contributed by atoms with Gasteiger partial charge in [0.1, 0.15) is 0 Å². The van der Waals surface area contributed by atoms with Crippen molar-refractivity contribution in [3.8, 4) is 0 Å². The lowest BCUT2D eigenvalue weighted by Gasteiger charge is -2.35. The van der Waals surface area contributed by atoms with E-state index in [2.05, 4.69) is 10.3 Å². The maximum Gasteiger partial charge on any atom is 0.314 e. The summed E-state index contributed by atoms with van der Waals surface area (Å²) in [4.78, 5) is 14.7. The molecule has 0 atom stereocenters. The molecule has 1 fully saturated rings. The fourth-order valence-corrected chi connectivity index (χ4v) is 2.14. The first-order valence-corrected chi connectivity index (χ1v) is 6.10. The van der Waals surface area contributed by atoms with Gasteiger partial charge in [0.2, 0.25) is 5.82 Å². The van der Waals surface area contributed by atoms with E-state index in [0.717, 1.165) is 12.8 Å². The van der Waals surface area contributed by atoms with Gasteiger partial charge >= 0.3 is 5.69 Å². The molecule has 1 aromatic heterocycles. The molecule has 2 rings (SSSR count). The number of nitrogens with one attached hydrogen (secondary N) is 1. The summed E-state index contributed by atoms with van der Waals surface area (Å²) in [6.45, 7) is 4.39. The first-order chi connectivity index (χ1) is 8.61. The highest BCUT2D eigenvalue weighted by molar-refractivity contribution is 5.60. The lowest BCUT2D eigenvalue weighted by atomic mass is 9.89. The number of anilines is 1. The number of hydrogen-bond donors (Lipinski definition) is 1. The van der Waals surface area contributed by atoms with Crippen molar-refractivity contribution in [2.24, 2.45) is 0 Å². The first kappa shape index (κ1) is 12.8. The number of ether oxygens (including phenoxy) is 1. The van der Waals surface area contributed by atoms with Crippen molar-refractivity contribution in [3.05, 3.63) is 27.9 Å². The molecule has 98 valence electrons. The molecule has 18 heavy (non-hydrogen) atoms. The predicted molar refractivity (Wildman–Crippen MR) is 67.7 cm³/mol. The third-order valence-electron chi connectivity index (χ3n) is 3.15. The number of nitro groups is 1. The van der Waals surface area contributed by atoms with E-state index in [0.29, 0.717) is 18.0 Å². The van der Waals surface area contributed by atoms with Crippen molar-refractivity contribution >= 4 is 11.5 Å². The SMILES string of the molecule is CCOC1CC(Nc2nccc(C)c2[N+](=O)[O-])C1.